The maximum Gasteiger partial charge on any atom is 0.338 e. The molecule has 1 aliphatic heterocycles. The molecule has 1 atom stereocenters. The highest BCUT2D eigenvalue weighted by Gasteiger charge is 2.33. The molecule has 2 aromatic heterocycles. The molecule has 6 rings (SSSR count). The zero-order chi connectivity index (χ0) is 31.1. The Morgan fingerprint density at radius 1 is 1.02 bits per heavy atom. The Labute approximate surface area is 261 Å². The van der Waals surface area contributed by atoms with Gasteiger partial charge in [-0.3, -0.25) is 9.36 Å². The van der Waals surface area contributed by atoms with Gasteiger partial charge in [0.2, 0.25) is 0 Å². The number of carbonyl (C=O) groups excluding carboxylic acids is 1. The fraction of sp³-hybridized carbons (Fsp3) is 0.270. The summed E-state index contributed by atoms with van der Waals surface area (Å²) in [5.41, 5.74) is 8.44. The fourth-order valence-corrected chi connectivity index (χ4v) is 7.10. The Morgan fingerprint density at radius 3 is 2.43 bits per heavy atom. The molecule has 3 heterocycles. The molecule has 0 saturated heterocycles. The summed E-state index contributed by atoms with van der Waals surface area (Å²) < 4.78 is 10.0. The van der Waals surface area contributed by atoms with Crippen LogP contribution in [-0.4, -0.2) is 21.7 Å². The van der Waals surface area contributed by atoms with E-state index in [1.807, 2.05) is 31.2 Å². The summed E-state index contributed by atoms with van der Waals surface area (Å²) >= 11 is 1.36. The Kier molecular flexibility index (Phi) is 7.99. The van der Waals surface area contributed by atoms with E-state index in [9.17, 15) is 9.59 Å². The van der Waals surface area contributed by atoms with E-state index in [0.717, 1.165) is 39.8 Å². The zero-order valence-corrected chi connectivity index (χ0v) is 26.9. The molecule has 0 spiro atoms. The lowest BCUT2D eigenvalue weighted by Crippen LogP contribution is -2.40. The number of carbonyl (C=O) groups is 1. The maximum absolute atomic E-state index is 14.3. The van der Waals surface area contributed by atoms with Crippen molar-refractivity contribution in [2.45, 2.75) is 60.0 Å². The molecule has 44 heavy (non-hydrogen) atoms. The van der Waals surface area contributed by atoms with Gasteiger partial charge in [0.15, 0.2) is 4.80 Å². The molecule has 0 fully saturated rings. The van der Waals surface area contributed by atoms with Crippen LogP contribution in [0.2, 0.25) is 0 Å². The number of hydrogen-bond acceptors (Lipinski definition) is 5. The van der Waals surface area contributed by atoms with Crippen LogP contribution in [-0.2, 0) is 16.1 Å². The predicted octanol–water partition coefficient (Wildman–Crippen LogP) is 6.54. The Morgan fingerprint density at radius 2 is 1.75 bits per heavy atom. The first-order valence-corrected chi connectivity index (χ1v) is 15.9. The van der Waals surface area contributed by atoms with Crippen LogP contribution in [0.15, 0.2) is 93.9 Å². The van der Waals surface area contributed by atoms with Gasteiger partial charge >= 0.3 is 5.97 Å². The summed E-state index contributed by atoms with van der Waals surface area (Å²) in [6.45, 7) is 13.1. The topological polar surface area (TPSA) is 65.6 Å². The van der Waals surface area contributed by atoms with Crippen LogP contribution in [0, 0.1) is 13.8 Å². The minimum Gasteiger partial charge on any atom is -0.463 e. The molecule has 224 valence electrons. The molecule has 0 unspecified atom stereocenters. The summed E-state index contributed by atoms with van der Waals surface area (Å²) in [5, 5.41) is 1.11. The van der Waals surface area contributed by atoms with Crippen LogP contribution >= 0.6 is 11.3 Å². The summed E-state index contributed by atoms with van der Waals surface area (Å²) in [6.07, 6.45) is 2.00. The highest BCUT2D eigenvalue weighted by atomic mass is 32.1. The third-order valence-electron chi connectivity index (χ3n) is 8.42. The quantitative estimate of drug-likeness (QED) is 0.199. The van der Waals surface area contributed by atoms with Gasteiger partial charge in [0, 0.05) is 28.7 Å². The van der Waals surface area contributed by atoms with Gasteiger partial charge in [-0.15, -0.1) is 0 Å². The second-order valence-electron chi connectivity index (χ2n) is 11.7. The van der Waals surface area contributed by atoms with Gasteiger partial charge in [0.25, 0.3) is 5.56 Å². The van der Waals surface area contributed by atoms with E-state index in [1.54, 1.807) is 11.5 Å². The van der Waals surface area contributed by atoms with Crippen molar-refractivity contribution in [2.24, 2.45) is 4.99 Å². The standard InChI is InChI=1S/C37H37N3O3S/c1-7-43-36(42)33-24(5)38-37-40(34(33)28-16-14-27(15-17-28)22(2)3)35(41)32(44-37)20-29-25(6)39(21-26-11-9-8-10-12-26)31-18-13-23(4)19-30(29)31/h8-20,22,34H,7,21H2,1-6H3/b32-20-/t34-/m0/s1. The van der Waals surface area contributed by atoms with Crippen molar-refractivity contribution < 1.29 is 9.53 Å². The minimum absolute atomic E-state index is 0.169. The first-order valence-electron chi connectivity index (χ1n) is 15.1. The van der Waals surface area contributed by atoms with Gasteiger partial charge in [-0.25, -0.2) is 9.79 Å². The van der Waals surface area contributed by atoms with Gasteiger partial charge in [0.05, 0.1) is 28.5 Å². The lowest BCUT2D eigenvalue weighted by atomic mass is 9.93. The van der Waals surface area contributed by atoms with Crippen molar-refractivity contribution in [3.05, 3.63) is 137 Å². The van der Waals surface area contributed by atoms with Gasteiger partial charge < -0.3 is 9.30 Å². The van der Waals surface area contributed by atoms with Crippen LogP contribution < -0.4 is 14.9 Å². The van der Waals surface area contributed by atoms with E-state index in [-0.39, 0.29) is 12.2 Å². The molecule has 6 nitrogen and oxygen atoms in total. The molecule has 5 aromatic rings. The fourth-order valence-electron chi connectivity index (χ4n) is 6.08. The first-order chi connectivity index (χ1) is 21.2. The molecule has 3 aromatic carbocycles. The van der Waals surface area contributed by atoms with Crippen molar-refractivity contribution in [2.75, 3.05) is 6.61 Å². The number of nitrogens with zero attached hydrogens (tertiary/aromatic N) is 3. The van der Waals surface area contributed by atoms with E-state index in [0.29, 0.717) is 26.5 Å². The van der Waals surface area contributed by atoms with Crippen molar-refractivity contribution in [3.63, 3.8) is 0 Å². The summed E-state index contributed by atoms with van der Waals surface area (Å²) in [5.74, 6) is -0.0833. The average molecular weight is 604 g/mol. The Hall–Kier alpha value is -4.49. The molecule has 0 amide bonds. The first kappa shape index (κ1) is 29.6. The lowest BCUT2D eigenvalue weighted by Gasteiger charge is -2.25. The molecule has 0 N–H and O–H groups in total. The molecule has 7 heteroatoms. The van der Waals surface area contributed by atoms with E-state index < -0.39 is 12.0 Å². The molecule has 0 aliphatic carbocycles. The molecule has 0 bridgehead atoms. The normalized spacial score (nSPS) is 15.2. The summed E-state index contributed by atoms with van der Waals surface area (Å²) in [6, 6.07) is 24.4. The molecule has 1 aliphatic rings. The molecule has 0 saturated carbocycles. The molecular weight excluding hydrogens is 566 g/mol. The largest absolute Gasteiger partial charge is 0.463 e. The Bertz CT molecular complexity index is 2100. The highest BCUT2D eigenvalue weighted by Crippen LogP contribution is 2.32. The van der Waals surface area contributed by atoms with E-state index in [1.165, 1.54) is 22.5 Å². The highest BCUT2D eigenvalue weighted by molar-refractivity contribution is 7.07. The maximum atomic E-state index is 14.3. The van der Waals surface area contributed by atoms with Crippen LogP contribution in [0.4, 0.5) is 0 Å². The smallest absolute Gasteiger partial charge is 0.338 e. The van der Waals surface area contributed by atoms with Crippen molar-refractivity contribution in [1.82, 2.24) is 9.13 Å². The van der Waals surface area contributed by atoms with Gasteiger partial charge in [-0.2, -0.15) is 0 Å². The van der Waals surface area contributed by atoms with Gasteiger partial charge in [-0.1, -0.05) is 91.4 Å². The SMILES string of the molecule is CCOC(=O)C1=C(C)N=c2s/c(=C\c3c(C)n(Cc4ccccc4)c4ccc(C)cc34)c(=O)n2[C@H]1c1ccc(C(C)C)cc1. The number of aromatic nitrogens is 2. The van der Waals surface area contributed by atoms with E-state index >= 15 is 0 Å². The van der Waals surface area contributed by atoms with Crippen LogP contribution in [0.3, 0.4) is 0 Å². The second kappa shape index (κ2) is 11.9. The number of esters is 1. The third-order valence-corrected chi connectivity index (χ3v) is 9.41. The molecular formula is C37H37N3O3S. The number of fused-ring (bicyclic) bond motifs is 2. The summed E-state index contributed by atoms with van der Waals surface area (Å²) in [4.78, 5) is 33.0. The minimum atomic E-state index is -0.628. The number of hydrogen-bond donors (Lipinski definition) is 0. The third kappa shape index (κ3) is 5.26. The number of ether oxygens (including phenoxy) is 1. The monoisotopic (exact) mass is 603 g/mol. The van der Waals surface area contributed by atoms with Crippen molar-refractivity contribution in [3.8, 4) is 0 Å². The lowest BCUT2D eigenvalue weighted by molar-refractivity contribution is -0.139. The van der Waals surface area contributed by atoms with E-state index in [4.69, 9.17) is 9.73 Å². The number of rotatable bonds is 7. The number of benzene rings is 3. The number of aryl methyl sites for hydroxylation is 1. The van der Waals surface area contributed by atoms with Crippen LogP contribution in [0.1, 0.15) is 73.2 Å². The van der Waals surface area contributed by atoms with Crippen molar-refractivity contribution in [1.29, 1.82) is 0 Å². The number of allylic oxidation sites excluding steroid dienone is 1. The molecule has 0 radical (unpaired) electrons. The Balaban J connectivity index is 1.56. The van der Waals surface area contributed by atoms with E-state index in [2.05, 4.69) is 86.9 Å². The van der Waals surface area contributed by atoms with Crippen molar-refractivity contribution >= 4 is 34.3 Å². The van der Waals surface area contributed by atoms with Gasteiger partial charge in [0.1, 0.15) is 0 Å². The van der Waals surface area contributed by atoms with Crippen LogP contribution in [0.25, 0.3) is 17.0 Å². The predicted molar refractivity (Wildman–Crippen MR) is 178 cm³/mol. The second-order valence-corrected chi connectivity index (χ2v) is 12.7. The summed E-state index contributed by atoms with van der Waals surface area (Å²) in [7, 11) is 0. The average Bonchev–Trinajstić information content (AvgIpc) is 3.45. The van der Waals surface area contributed by atoms with Crippen LogP contribution in [0.5, 0.6) is 0 Å². The van der Waals surface area contributed by atoms with Gasteiger partial charge in [-0.05, 0) is 68.5 Å². The number of thiazole rings is 1. The zero-order valence-electron chi connectivity index (χ0n) is 26.0.